The van der Waals surface area contributed by atoms with Crippen LogP contribution >= 0.6 is 0 Å². The highest BCUT2D eigenvalue weighted by Crippen LogP contribution is 2.25. The molecule has 116 valence electrons. The lowest BCUT2D eigenvalue weighted by molar-refractivity contribution is -0.384. The van der Waals surface area contributed by atoms with Crippen LogP contribution in [0.5, 0.6) is 0 Å². The van der Waals surface area contributed by atoms with Crippen molar-refractivity contribution in [3.63, 3.8) is 0 Å². The lowest BCUT2D eigenvalue weighted by Gasteiger charge is -2.19. The average Bonchev–Trinajstić information content (AvgIpc) is 2.34. The Kier molecular flexibility index (Phi) is 5.12. The summed E-state index contributed by atoms with van der Waals surface area (Å²) >= 11 is 0. The third-order valence-corrected chi connectivity index (χ3v) is 2.62. The molecule has 0 saturated heterocycles. The molecule has 1 aromatic carbocycles. The van der Waals surface area contributed by atoms with Crippen LogP contribution in [0.15, 0.2) is 18.2 Å². The van der Waals surface area contributed by atoms with Crippen molar-refractivity contribution in [3.8, 4) is 0 Å². The summed E-state index contributed by atoms with van der Waals surface area (Å²) in [6, 6.07) is 4.32. The van der Waals surface area contributed by atoms with Gasteiger partial charge in [0.05, 0.1) is 11.5 Å². The molecular formula is C12H14F3N3O3. The van der Waals surface area contributed by atoms with E-state index in [1.807, 2.05) is 0 Å². The highest BCUT2D eigenvalue weighted by atomic mass is 19.4. The van der Waals surface area contributed by atoms with Gasteiger partial charge in [0.15, 0.2) is 0 Å². The van der Waals surface area contributed by atoms with Crippen molar-refractivity contribution in [2.24, 2.45) is 0 Å². The molecule has 0 unspecified atom stereocenters. The van der Waals surface area contributed by atoms with E-state index in [1.165, 1.54) is 12.1 Å². The van der Waals surface area contributed by atoms with E-state index < -0.39 is 30.1 Å². The number of carbonyl (C=O) groups excluding carboxylic acids is 1. The van der Waals surface area contributed by atoms with Gasteiger partial charge in [0, 0.05) is 13.1 Å². The molecule has 0 aliphatic rings. The summed E-state index contributed by atoms with van der Waals surface area (Å²) in [7, 11) is 1.01. The lowest BCUT2D eigenvalue weighted by atomic mass is 10.2. The maximum Gasteiger partial charge on any atom is 0.406 e. The first-order chi connectivity index (χ1) is 9.60. The smallest absolute Gasteiger partial charge is 0.371 e. The molecule has 0 atom stereocenters. The minimum Gasteiger partial charge on any atom is -0.371 e. The number of likely N-dealkylation sites (N-methyl/N-ethyl adjacent to an activating group) is 1. The van der Waals surface area contributed by atoms with Crippen molar-refractivity contribution < 1.29 is 22.9 Å². The molecule has 0 spiro atoms. The van der Waals surface area contributed by atoms with Crippen LogP contribution in [-0.2, 0) is 4.79 Å². The second-order valence-electron chi connectivity index (χ2n) is 4.50. The first-order valence-electron chi connectivity index (χ1n) is 5.90. The van der Waals surface area contributed by atoms with Crippen molar-refractivity contribution in [2.45, 2.75) is 13.1 Å². The molecule has 21 heavy (non-hydrogen) atoms. The summed E-state index contributed by atoms with van der Waals surface area (Å²) in [4.78, 5) is 22.3. The predicted molar refractivity (Wildman–Crippen MR) is 70.0 cm³/mol. The zero-order valence-electron chi connectivity index (χ0n) is 11.4. The standard InChI is InChI=1S/C12H14F3N3O3/c1-8-3-4-9(10(5-8)18(20)21)16-6-11(19)17(2)7-12(13,14)15/h3-5,16H,6-7H2,1-2H3. The van der Waals surface area contributed by atoms with E-state index in [0.29, 0.717) is 10.5 Å². The maximum absolute atomic E-state index is 12.1. The molecule has 0 aliphatic heterocycles. The number of amides is 1. The van der Waals surface area contributed by atoms with Gasteiger partial charge in [-0.05, 0) is 18.6 Å². The summed E-state index contributed by atoms with van der Waals surface area (Å²) in [5, 5.41) is 13.3. The van der Waals surface area contributed by atoms with E-state index in [2.05, 4.69) is 5.32 Å². The van der Waals surface area contributed by atoms with Gasteiger partial charge in [0.2, 0.25) is 5.91 Å². The summed E-state index contributed by atoms with van der Waals surface area (Å²) in [5.41, 5.74) is 0.508. The molecule has 1 N–H and O–H groups in total. The number of anilines is 1. The van der Waals surface area contributed by atoms with Crippen LogP contribution in [0.1, 0.15) is 5.56 Å². The van der Waals surface area contributed by atoms with Crippen LogP contribution < -0.4 is 5.32 Å². The third kappa shape index (κ3) is 5.28. The molecule has 0 radical (unpaired) electrons. The third-order valence-electron chi connectivity index (χ3n) is 2.62. The monoisotopic (exact) mass is 305 g/mol. The summed E-state index contributed by atoms with van der Waals surface area (Å²) in [5.74, 6) is -0.817. The van der Waals surface area contributed by atoms with Gasteiger partial charge in [-0.15, -0.1) is 0 Å². The fourth-order valence-corrected chi connectivity index (χ4v) is 1.61. The molecule has 0 aromatic heterocycles. The molecule has 1 rings (SSSR count). The number of nitrogens with zero attached hydrogens (tertiary/aromatic N) is 2. The quantitative estimate of drug-likeness (QED) is 0.669. The molecule has 0 heterocycles. The number of benzene rings is 1. The number of nitrogens with one attached hydrogen (secondary N) is 1. The molecular weight excluding hydrogens is 291 g/mol. The van der Waals surface area contributed by atoms with Crippen molar-refractivity contribution >= 4 is 17.3 Å². The molecule has 1 aromatic rings. The molecule has 6 nitrogen and oxygen atoms in total. The van der Waals surface area contributed by atoms with Gasteiger partial charge >= 0.3 is 6.18 Å². The van der Waals surface area contributed by atoms with Crippen molar-refractivity contribution in [3.05, 3.63) is 33.9 Å². The van der Waals surface area contributed by atoms with Gasteiger partial charge in [0.1, 0.15) is 12.2 Å². The topological polar surface area (TPSA) is 75.5 Å². The SMILES string of the molecule is Cc1ccc(NCC(=O)N(C)CC(F)(F)F)c([N+](=O)[O-])c1. The van der Waals surface area contributed by atoms with Crippen molar-refractivity contribution in [1.82, 2.24) is 4.90 Å². The van der Waals surface area contributed by atoms with E-state index in [-0.39, 0.29) is 11.4 Å². The zero-order chi connectivity index (χ0) is 16.2. The second-order valence-corrected chi connectivity index (χ2v) is 4.50. The first kappa shape index (κ1) is 16.7. The van der Waals surface area contributed by atoms with Gasteiger partial charge in [0.25, 0.3) is 5.69 Å². The maximum atomic E-state index is 12.1. The highest BCUT2D eigenvalue weighted by molar-refractivity contribution is 5.81. The Labute approximate surface area is 118 Å². The van der Waals surface area contributed by atoms with Gasteiger partial charge < -0.3 is 10.2 Å². The Balaban J connectivity index is 2.71. The largest absolute Gasteiger partial charge is 0.406 e. The van der Waals surface area contributed by atoms with E-state index in [0.717, 1.165) is 7.05 Å². The number of hydrogen-bond donors (Lipinski definition) is 1. The van der Waals surface area contributed by atoms with Crippen LogP contribution in [0.4, 0.5) is 24.5 Å². The molecule has 0 bridgehead atoms. The minimum atomic E-state index is -4.49. The second kappa shape index (κ2) is 6.42. The summed E-state index contributed by atoms with van der Waals surface area (Å²) in [6.45, 7) is -0.168. The van der Waals surface area contributed by atoms with Crippen LogP contribution in [0.3, 0.4) is 0 Å². The van der Waals surface area contributed by atoms with Gasteiger partial charge in [-0.2, -0.15) is 13.2 Å². The normalized spacial score (nSPS) is 11.1. The summed E-state index contributed by atoms with van der Waals surface area (Å²) < 4.78 is 36.4. The molecule has 1 amide bonds. The number of hydrogen-bond acceptors (Lipinski definition) is 4. The number of rotatable bonds is 5. The highest BCUT2D eigenvalue weighted by Gasteiger charge is 2.31. The Morgan fingerprint density at radius 3 is 2.57 bits per heavy atom. The number of alkyl halides is 3. The number of aryl methyl sites for hydroxylation is 1. The van der Waals surface area contributed by atoms with Gasteiger partial charge in [-0.25, -0.2) is 0 Å². The van der Waals surface area contributed by atoms with E-state index in [4.69, 9.17) is 0 Å². The fourth-order valence-electron chi connectivity index (χ4n) is 1.61. The van der Waals surface area contributed by atoms with Gasteiger partial charge in [-0.3, -0.25) is 14.9 Å². The van der Waals surface area contributed by atoms with E-state index >= 15 is 0 Å². The molecule has 0 saturated carbocycles. The summed E-state index contributed by atoms with van der Waals surface area (Å²) in [6.07, 6.45) is -4.49. The Morgan fingerprint density at radius 1 is 1.43 bits per heavy atom. The van der Waals surface area contributed by atoms with Gasteiger partial charge in [-0.1, -0.05) is 6.07 Å². The van der Waals surface area contributed by atoms with Crippen molar-refractivity contribution in [1.29, 1.82) is 0 Å². The van der Waals surface area contributed by atoms with Crippen LogP contribution in [0.2, 0.25) is 0 Å². The van der Waals surface area contributed by atoms with E-state index in [9.17, 15) is 28.1 Å². The van der Waals surface area contributed by atoms with Crippen LogP contribution in [0.25, 0.3) is 0 Å². The first-order valence-corrected chi connectivity index (χ1v) is 5.90. The molecule has 0 aliphatic carbocycles. The number of nitro benzene ring substituents is 1. The predicted octanol–water partition coefficient (Wildman–Crippen LogP) is 2.34. The minimum absolute atomic E-state index is 0.0827. The zero-order valence-corrected chi connectivity index (χ0v) is 11.4. The number of nitro groups is 1. The van der Waals surface area contributed by atoms with Crippen LogP contribution in [-0.4, -0.2) is 42.0 Å². The Hall–Kier alpha value is -2.32. The Bertz CT molecular complexity index is 546. The van der Waals surface area contributed by atoms with Crippen molar-refractivity contribution in [2.75, 3.05) is 25.5 Å². The average molecular weight is 305 g/mol. The number of halogens is 3. The van der Waals surface area contributed by atoms with Crippen LogP contribution in [0, 0.1) is 17.0 Å². The lowest BCUT2D eigenvalue weighted by Crippen LogP contribution is -2.38. The number of carbonyl (C=O) groups is 1. The Morgan fingerprint density at radius 2 is 2.05 bits per heavy atom. The van der Waals surface area contributed by atoms with E-state index in [1.54, 1.807) is 13.0 Å². The molecule has 9 heteroatoms. The molecule has 0 fully saturated rings. The fraction of sp³-hybridized carbons (Fsp3) is 0.417.